The lowest BCUT2D eigenvalue weighted by atomic mass is 10.1. The fourth-order valence-corrected chi connectivity index (χ4v) is 4.86. The summed E-state index contributed by atoms with van der Waals surface area (Å²) in [4.78, 5) is 53.4. The van der Waals surface area contributed by atoms with Gasteiger partial charge in [-0.25, -0.2) is 13.9 Å². The molecule has 0 saturated carbocycles. The molecule has 2 aliphatic rings. The highest BCUT2D eigenvalue weighted by Crippen LogP contribution is 2.49. The fraction of sp³-hybridized carbons (Fsp3) is 0.714. The van der Waals surface area contributed by atoms with Crippen LogP contribution in [0, 0.1) is 0 Å². The molecule has 8 atom stereocenters. The minimum Gasteiger partial charge on any atom is -0.394 e. The number of ether oxygens (including phenoxy) is 2. The van der Waals surface area contributed by atoms with Crippen molar-refractivity contribution in [2.75, 3.05) is 19.8 Å². The number of rotatable bonds is 9. The van der Waals surface area contributed by atoms with Crippen LogP contribution in [0.5, 0.6) is 0 Å². The first-order valence-corrected chi connectivity index (χ1v) is 12.3. The summed E-state index contributed by atoms with van der Waals surface area (Å²) in [6, 6.07) is 0.919. The largest absolute Gasteiger partial charge is 0.472 e. The standard InChI is InChI=1S/C14H22N2O15P2/c17-3-7-11(6(18)4-27-7)31-33(25,26)28-5-8-12(30-32(22,23)24)10(20)13(29-8)16-2-1-9(19)15-14(16)21/h1-2,6-8,10-13,17-18,20H,3-5H2,(H,25,26)(H,15,19,21)(H2,22,23,24)/t6-,7+,8+,10+,11-,12+,13+/m0/s1. The molecule has 19 heteroatoms. The molecule has 188 valence electrons. The van der Waals surface area contributed by atoms with E-state index in [4.69, 9.17) is 28.3 Å². The quantitative estimate of drug-likeness (QED) is 0.156. The molecule has 2 aliphatic heterocycles. The maximum Gasteiger partial charge on any atom is 0.472 e. The van der Waals surface area contributed by atoms with Crippen molar-refractivity contribution in [1.29, 1.82) is 0 Å². The van der Waals surface area contributed by atoms with Gasteiger partial charge in [0.1, 0.15) is 36.6 Å². The summed E-state index contributed by atoms with van der Waals surface area (Å²) in [6.45, 7) is -1.84. The molecule has 1 aromatic heterocycles. The van der Waals surface area contributed by atoms with Crippen LogP contribution in [-0.4, -0.2) is 96.0 Å². The fourth-order valence-electron chi connectivity index (χ4n) is 3.31. The van der Waals surface area contributed by atoms with Gasteiger partial charge in [0.2, 0.25) is 0 Å². The molecule has 0 aromatic carbocycles. The summed E-state index contributed by atoms with van der Waals surface area (Å²) in [7, 11) is -10.2. The van der Waals surface area contributed by atoms with Gasteiger partial charge >= 0.3 is 21.3 Å². The van der Waals surface area contributed by atoms with Crippen LogP contribution in [0.2, 0.25) is 0 Å². The van der Waals surface area contributed by atoms with Crippen molar-refractivity contribution in [3.05, 3.63) is 33.1 Å². The normalized spacial score (nSPS) is 34.4. The summed E-state index contributed by atoms with van der Waals surface area (Å²) in [6.07, 6.45) is -9.91. The number of nitrogens with zero attached hydrogens (tertiary/aromatic N) is 1. The Morgan fingerprint density at radius 3 is 2.42 bits per heavy atom. The maximum atomic E-state index is 12.3. The predicted molar refractivity (Wildman–Crippen MR) is 102 cm³/mol. The van der Waals surface area contributed by atoms with Crippen LogP contribution in [0.3, 0.4) is 0 Å². The van der Waals surface area contributed by atoms with Crippen LogP contribution in [0.4, 0.5) is 0 Å². The second kappa shape index (κ2) is 10.1. The van der Waals surface area contributed by atoms with Gasteiger partial charge in [-0.3, -0.25) is 27.9 Å². The number of H-pyrrole nitrogens is 1. The lowest BCUT2D eigenvalue weighted by Crippen LogP contribution is -2.38. The number of hydrogen-bond donors (Lipinski definition) is 7. The van der Waals surface area contributed by atoms with E-state index in [-0.39, 0.29) is 6.61 Å². The van der Waals surface area contributed by atoms with Crippen LogP contribution in [0.15, 0.2) is 21.9 Å². The molecular weight excluding hydrogens is 498 g/mol. The molecule has 0 spiro atoms. The van der Waals surface area contributed by atoms with Crippen molar-refractivity contribution in [3.63, 3.8) is 0 Å². The number of nitrogens with one attached hydrogen (secondary N) is 1. The van der Waals surface area contributed by atoms with E-state index in [1.807, 2.05) is 4.98 Å². The van der Waals surface area contributed by atoms with Gasteiger partial charge in [-0.15, -0.1) is 0 Å². The van der Waals surface area contributed by atoms with Crippen LogP contribution in [0.1, 0.15) is 6.23 Å². The predicted octanol–water partition coefficient (Wildman–Crippen LogP) is -3.47. The van der Waals surface area contributed by atoms with Crippen molar-refractivity contribution in [2.24, 2.45) is 0 Å². The zero-order valence-corrected chi connectivity index (χ0v) is 18.3. The molecule has 3 rings (SSSR count). The SMILES string of the molecule is O=c1ccn([C@@H]2O[C@H](COP(=O)(O)O[C@H]3[C@@H](O)CO[C@@H]3CO)[C@@H](OP(=O)(O)O)[C@H]2O)c(=O)[nH]1. The van der Waals surface area contributed by atoms with E-state index in [0.29, 0.717) is 4.57 Å². The van der Waals surface area contributed by atoms with Gasteiger partial charge in [0.15, 0.2) is 6.23 Å². The van der Waals surface area contributed by atoms with Crippen LogP contribution >= 0.6 is 15.6 Å². The first-order valence-electron chi connectivity index (χ1n) is 9.26. The summed E-state index contributed by atoms with van der Waals surface area (Å²) < 4.78 is 48.8. The van der Waals surface area contributed by atoms with Gasteiger partial charge in [-0.2, -0.15) is 0 Å². The Balaban J connectivity index is 1.76. The molecule has 2 fully saturated rings. The molecule has 0 amide bonds. The second-order valence-electron chi connectivity index (χ2n) is 7.09. The Bertz CT molecular complexity index is 1040. The van der Waals surface area contributed by atoms with Crippen molar-refractivity contribution >= 4 is 15.6 Å². The number of aliphatic hydroxyl groups is 3. The van der Waals surface area contributed by atoms with Gasteiger partial charge in [0.05, 0.1) is 19.8 Å². The van der Waals surface area contributed by atoms with Crippen LogP contribution < -0.4 is 11.2 Å². The Morgan fingerprint density at radius 1 is 1.12 bits per heavy atom. The third-order valence-electron chi connectivity index (χ3n) is 4.76. The van der Waals surface area contributed by atoms with E-state index in [0.717, 1.165) is 12.3 Å². The Hall–Kier alpha value is -1.30. The molecule has 17 nitrogen and oxygen atoms in total. The van der Waals surface area contributed by atoms with E-state index in [2.05, 4.69) is 4.52 Å². The summed E-state index contributed by atoms with van der Waals surface area (Å²) >= 11 is 0. The van der Waals surface area contributed by atoms with Crippen LogP contribution in [0.25, 0.3) is 0 Å². The molecular formula is C14H22N2O15P2. The minimum absolute atomic E-state index is 0.276. The Labute approximate surface area is 183 Å². The second-order valence-corrected chi connectivity index (χ2v) is 9.69. The lowest BCUT2D eigenvalue weighted by molar-refractivity contribution is -0.0599. The van der Waals surface area contributed by atoms with Crippen molar-refractivity contribution < 1.29 is 62.2 Å². The van der Waals surface area contributed by atoms with Crippen molar-refractivity contribution in [2.45, 2.75) is 42.9 Å². The lowest BCUT2D eigenvalue weighted by Gasteiger charge is -2.24. The molecule has 1 unspecified atom stereocenters. The number of hydrogen-bond acceptors (Lipinski definition) is 12. The topological polar surface area (TPSA) is 257 Å². The van der Waals surface area contributed by atoms with E-state index < -0.39 is 83.0 Å². The third-order valence-corrected chi connectivity index (χ3v) is 6.26. The van der Waals surface area contributed by atoms with Crippen LogP contribution in [-0.2, 0) is 32.2 Å². The molecule has 0 bridgehead atoms. The van der Waals surface area contributed by atoms with E-state index in [9.17, 15) is 38.9 Å². The van der Waals surface area contributed by atoms with Gasteiger partial charge < -0.3 is 39.5 Å². The zero-order chi connectivity index (χ0) is 24.6. The Morgan fingerprint density at radius 2 is 1.82 bits per heavy atom. The third kappa shape index (κ3) is 6.43. The first-order chi connectivity index (χ1) is 15.3. The van der Waals surface area contributed by atoms with Gasteiger partial charge in [0, 0.05) is 12.3 Å². The highest BCUT2D eigenvalue weighted by Gasteiger charge is 2.50. The van der Waals surface area contributed by atoms with Crippen molar-refractivity contribution in [3.8, 4) is 0 Å². The zero-order valence-electron chi connectivity index (χ0n) is 16.5. The molecule has 0 aliphatic carbocycles. The van der Waals surface area contributed by atoms with Crippen molar-refractivity contribution in [1.82, 2.24) is 9.55 Å². The highest BCUT2D eigenvalue weighted by molar-refractivity contribution is 7.47. The summed E-state index contributed by atoms with van der Waals surface area (Å²) in [5.74, 6) is 0. The number of aliphatic hydroxyl groups excluding tert-OH is 3. The van der Waals surface area contributed by atoms with E-state index in [1.54, 1.807) is 0 Å². The minimum atomic E-state index is -5.22. The number of phosphoric ester groups is 2. The Kier molecular flexibility index (Phi) is 8.08. The number of aromatic nitrogens is 2. The average Bonchev–Trinajstić information content (AvgIpc) is 3.19. The molecule has 33 heavy (non-hydrogen) atoms. The molecule has 3 heterocycles. The van der Waals surface area contributed by atoms with Gasteiger partial charge in [-0.1, -0.05) is 0 Å². The molecule has 1 aromatic rings. The highest BCUT2D eigenvalue weighted by atomic mass is 31.2. The number of phosphoric acid groups is 2. The summed E-state index contributed by atoms with van der Waals surface area (Å²) in [5, 5.41) is 29.4. The van der Waals surface area contributed by atoms with E-state index >= 15 is 0 Å². The smallest absolute Gasteiger partial charge is 0.394 e. The van der Waals surface area contributed by atoms with Gasteiger partial charge in [0.25, 0.3) is 5.56 Å². The molecule has 2 saturated heterocycles. The number of aromatic amines is 1. The molecule has 0 radical (unpaired) electrons. The molecule has 7 N–H and O–H groups in total. The van der Waals surface area contributed by atoms with Gasteiger partial charge in [-0.05, 0) is 0 Å². The monoisotopic (exact) mass is 520 g/mol. The first kappa shape index (κ1) is 26.3. The maximum absolute atomic E-state index is 12.3. The average molecular weight is 520 g/mol. The van der Waals surface area contributed by atoms with E-state index in [1.165, 1.54) is 0 Å². The summed E-state index contributed by atoms with van der Waals surface area (Å²) in [5.41, 5.74) is -1.78.